The molecule has 0 aliphatic carbocycles. The summed E-state index contributed by atoms with van der Waals surface area (Å²) in [6, 6.07) is 7.95. The summed E-state index contributed by atoms with van der Waals surface area (Å²) in [4.78, 5) is 7.85. The zero-order valence-electron chi connectivity index (χ0n) is 21.1. The number of aromatic nitrogens is 3. The van der Waals surface area contributed by atoms with E-state index in [2.05, 4.69) is 57.9 Å². The van der Waals surface area contributed by atoms with Gasteiger partial charge in [0.25, 0.3) is 0 Å². The number of rotatable bonds is 7. The largest absolute Gasteiger partial charge is 0.379 e. The van der Waals surface area contributed by atoms with Gasteiger partial charge in [0.1, 0.15) is 11.9 Å². The van der Waals surface area contributed by atoms with Crippen LogP contribution in [0.5, 0.6) is 0 Å². The van der Waals surface area contributed by atoms with Crippen LogP contribution < -0.4 is 5.32 Å². The maximum Gasteiger partial charge on any atom is 0.164 e. The van der Waals surface area contributed by atoms with Crippen LogP contribution in [0, 0.1) is 12.3 Å². The molecular weight excluding hydrogens is 480 g/mol. The van der Waals surface area contributed by atoms with Crippen molar-refractivity contribution in [1.82, 2.24) is 25.0 Å². The standard InChI is InChI=1S/C26H35ClN6OS/c1-17-26(3,4)22-23(19-6-8-20(27)9-7-19)29-21(24-31-30-18(2)33(24)25(22)35-17)16-28-10-5-11-32-12-14-34-15-13-32/h6-9,17,21,28H,5,10-16H2,1-4H3. The molecule has 3 aliphatic rings. The molecule has 2 unspecified atom stereocenters. The maximum absolute atomic E-state index is 6.23. The highest BCUT2D eigenvalue weighted by molar-refractivity contribution is 8.08. The van der Waals surface area contributed by atoms with Crippen LogP contribution in [-0.4, -0.2) is 76.6 Å². The van der Waals surface area contributed by atoms with E-state index >= 15 is 0 Å². The number of aliphatic imine (C=N–C) groups is 1. The van der Waals surface area contributed by atoms with Gasteiger partial charge in [-0.1, -0.05) is 44.5 Å². The summed E-state index contributed by atoms with van der Waals surface area (Å²) in [6.45, 7) is 15.5. The van der Waals surface area contributed by atoms with Crippen LogP contribution in [-0.2, 0) is 4.74 Å². The zero-order valence-corrected chi connectivity index (χ0v) is 22.6. The first-order valence-electron chi connectivity index (χ1n) is 12.5. The van der Waals surface area contributed by atoms with Crippen LogP contribution in [0.3, 0.4) is 0 Å². The molecule has 0 amide bonds. The Labute approximate surface area is 217 Å². The molecule has 0 spiro atoms. The van der Waals surface area contributed by atoms with Crippen LogP contribution >= 0.6 is 23.4 Å². The SMILES string of the molecule is Cc1nnc2n1C1=C(C(c3ccc(Cl)cc3)=NC2CNCCCN2CCOCC2)C(C)(C)C(C)S1. The van der Waals surface area contributed by atoms with Gasteiger partial charge in [-0.2, -0.15) is 0 Å². The summed E-state index contributed by atoms with van der Waals surface area (Å²) in [6.07, 6.45) is 1.10. The molecule has 35 heavy (non-hydrogen) atoms. The molecule has 2 atom stereocenters. The lowest BCUT2D eigenvalue weighted by atomic mass is 9.78. The van der Waals surface area contributed by atoms with Crippen molar-refractivity contribution < 1.29 is 4.74 Å². The average Bonchev–Trinajstić information content (AvgIpc) is 3.28. The minimum absolute atomic E-state index is 0.0487. The third kappa shape index (κ3) is 4.96. The Morgan fingerprint density at radius 1 is 1.17 bits per heavy atom. The van der Waals surface area contributed by atoms with Gasteiger partial charge in [0, 0.05) is 46.5 Å². The van der Waals surface area contributed by atoms with Crippen LogP contribution in [0.1, 0.15) is 50.4 Å². The number of nitrogens with one attached hydrogen (secondary N) is 1. The first-order chi connectivity index (χ1) is 16.9. The van der Waals surface area contributed by atoms with Crippen molar-refractivity contribution in [1.29, 1.82) is 0 Å². The minimum Gasteiger partial charge on any atom is -0.379 e. The van der Waals surface area contributed by atoms with Gasteiger partial charge in [0.05, 0.1) is 24.0 Å². The summed E-state index contributed by atoms with van der Waals surface area (Å²) >= 11 is 8.14. The van der Waals surface area contributed by atoms with Crippen molar-refractivity contribution >= 4 is 34.1 Å². The smallest absolute Gasteiger partial charge is 0.164 e. The summed E-state index contributed by atoms with van der Waals surface area (Å²) in [5, 5.41) is 15.1. The van der Waals surface area contributed by atoms with Gasteiger partial charge in [-0.05, 0) is 38.6 Å². The Morgan fingerprint density at radius 3 is 2.66 bits per heavy atom. The topological polar surface area (TPSA) is 67.6 Å². The summed E-state index contributed by atoms with van der Waals surface area (Å²) in [5.41, 5.74) is 3.37. The number of allylic oxidation sites excluding steroid dienone is 1. The van der Waals surface area contributed by atoms with E-state index in [1.807, 2.05) is 30.8 Å². The molecule has 1 aromatic heterocycles. The second-order valence-corrected chi connectivity index (χ2v) is 11.9. The lowest BCUT2D eigenvalue weighted by Gasteiger charge is -2.28. The number of thioether (sulfide) groups is 1. The highest BCUT2D eigenvalue weighted by Crippen LogP contribution is 2.55. The molecule has 4 heterocycles. The van der Waals surface area contributed by atoms with Gasteiger partial charge >= 0.3 is 0 Å². The summed E-state index contributed by atoms with van der Waals surface area (Å²) in [5.74, 6) is 1.83. The molecule has 3 aliphatic heterocycles. The van der Waals surface area contributed by atoms with E-state index in [4.69, 9.17) is 21.3 Å². The van der Waals surface area contributed by atoms with E-state index in [0.717, 1.165) is 80.3 Å². The van der Waals surface area contributed by atoms with E-state index in [9.17, 15) is 0 Å². The van der Waals surface area contributed by atoms with E-state index in [1.165, 1.54) is 10.6 Å². The zero-order chi connectivity index (χ0) is 24.6. The first-order valence-corrected chi connectivity index (χ1v) is 13.8. The van der Waals surface area contributed by atoms with Crippen molar-refractivity contribution in [3.05, 3.63) is 52.1 Å². The third-order valence-electron chi connectivity index (χ3n) is 7.42. The second kappa shape index (κ2) is 10.3. The van der Waals surface area contributed by atoms with E-state index < -0.39 is 0 Å². The van der Waals surface area contributed by atoms with Crippen molar-refractivity contribution in [2.75, 3.05) is 45.9 Å². The van der Waals surface area contributed by atoms with Crippen LogP contribution in [0.15, 0.2) is 34.8 Å². The molecule has 2 aromatic rings. The molecule has 0 saturated carbocycles. The van der Waals surface area contributed by atoms with Crippen molar-refractivity contribution in [3.8, 4) is 0 Å². The van der Waals surface area contributed by atoms with Gasteiger partial charge in [0.15, 0.2) is 5.82 Å². The number of hydrogen-bond donors (Lipinski definition) is 1. The van der Waals surface area contributed by atoms with Gasteiger partial charge in [-0.15, -0.1) is 22.0 Å². The van der Waals surface area contributed by atoms with Crippen molar-refractivity contribution in [3.63, 3.8) is 0 Å². The molecule has 1 aromatic carbocycles. The number of benzene rings is 1. The molecule has 0 bridgehead atoms. The molecule has 5 rings (SSSR count). The normalized spacial score (nSPS) is 24.2. The van der Waals surface area contributed by atoms with Gasteiger partial charge in [0.2, 0.25) is 0 Å². The Morgan fingerprint density at radius 2 is 1.91 bits per heavy atom. The number of fused-ring (bicyclic) bond motifs is 2. The van der Waals surface area contributed by atoms with Crippen molar-refractivity contribution in [2.24, 2.45) is 10.4 Å². The number of ether oxygens (including phenoxy) is 1. The van der Waals surface area contributed by atoms with E-state index in [-0.39, 0.29) is 11.5 Å². The quantitative estimate of drug-likeness (QED) is 0.551. The fourth-order valence-electron chi connectivity index (χ4n) is 5.00. The Balaban J connectivity index is 1.43. The predicted octanol–water partition coefficient (Wildman–Crippen LogP) is 4.43. The number of nitrogens with zero attached hydrogens (tertiary/aromatic N) is 5. The summed E-state index contributed by atoms with van der Waals surface area (Å²) in [7, 11) is 0. The molecule has 7 nitrogen and oxygen atoms in total. The Bertz CT molecular complexity index is 1120. The highest BCUT2D eigenvalue weighted by atomic mass is 35.5. The lowest BCUT2D eigenvalue weighted by Crippen LogP contribution is -2.38. The van der Waals surface area contributed by atoms with E-state index in [1.54, 1.807) is 0 Å². The predicted molar refractivity (Wildman–Crippen MR) is 144 cm³/mol. The fourth-order valence-corrected chi connectivity index (χ4v) is 6.68. The maximum atomic E-state index is 6.23. The molecule has 9 heteroatoms. The van der Waals surface area contributed by atoms with E-state index in [0.29, 0.717) is 5.25 Å². The third-order valence-corrected chi connectivity index (χ3v) is 9.23. The highest BCUT2D eigenvalue weighted by Gasteiger charge is 2.45. The van der Waals surface area contributed by atoms with Crippen molar-refractivity contribution in [2.45, 2.75) is 45.4 Å². The monoisotopic (exact) mass is 514 g/mol. The van der Waals surface area contributed by atoms with Gasteiger partial charge in [-0.25, -0.2) is 0 Å². The Kier molecular flexibility index (Phi) is 7.38. The number of halogens is 1. The molecular formula is C26H35ClN6OS. The average molecular weight is 515 g/mol. The fraction of sp³-hybridized carbons (Fsp3) is 0.577. The Hall–Kier alpha value is -1.71. The second-order valence-electron chi connectivity index (χ2n) is 10.1. The van der Waals surface area contributed by atoms with Gasteiger partial charge in [-0.3, -0.25) is 14.5 Å². The van der Waals surface area contributed by atoms with Crippen LogP contribution in [0.2, 0.25) is 5.02 Å². The number of aryl methyl sites for hydroxylation is 1. The molecule has 1 fully saturated rings. The molecule has 1 N–H and O–H groups in total. The van der Waals surface area contributed by atoms with Gasteiger partial charge < -0.3 is 10.1 Å². The number of hydrogen-bond acceptors (Lipinski definition) is 7. The first kappa shape index (κ1) is 25.0. The van der Waals surface area contributed by atoms with Crippen LogP contribution in [0.25, 0.3) is 5.03 Å². The molecule has 1 saturated heterocycles. The molecule has 0 radical (unpaired) electrons. The van der Waals surface area contributed by atoms with Crippen LogP contribution in [0.4, 0.5) is 0 Å². The molecule has 188 valence electrons. The lowest BCUT2D eigenvalue weighted by molar-refractivity contribution is 0.0374. The minimum atomic E-state index is -0.123. The number of morpholine rings is 1. The summed E-state index contributed by atoms with van der Waals surface area (Å²) < 4.78 is 7.71.